The molecule has 0 aliphatic heterocycles. The fraction of sp³-hybridized carbons (Fsp3) is 0.406. The molecule has 1 heterocycles. The van der Waals surface area contributed by atoms with Gasteiger partial charge >= 0.3 is 12.3 Å². The Hall–Kier alpha value is -3.60. The molecule has 0 saturated heterocycles. The van der Waals surface area contributed by atoms with Gasteiger partial charge in [0.05, 0.1) is 29.1 Å². The van der Waals surface area contributed by atoms with Crippen molar-refractivity contribution < 1.29 is 37.0 Å². The van der Waals surface area contributed by atoms with Gasteiger partial charge in [-0.2, -0.15) is 0 Å². The first-order chi connectivity index (χ1) is 20.1. The van der Waals surface area contributed by atoms with Crippen LogP contribution in [0.15, 0.2) is 53.0 Å². The summed E-state index contributed by atoms with van der Waals surface area (Å²) in [5, 5.41) is 3.77. The standard InChI is InChI=1S/C32H32BrF3N2O5/c1-18-25(21-16-19(33)10-11-23(21)37-27(18)41-5)26(39)38-31-14-12-30(13-15-31,28(40)43-29(2,3)4)17-22(31)20-8-6-7-9-24(20)42-32(34,35)36/h6-11,16-17H,12-15H2,1-5H3,(H,38,39). The lowest BCUT2D eigenvalue weighted by Gasteiger charge is -2.52. The monoisotopic (exact) mass is 660 g/mol. The largest absolute Gasteiger partial charge is 0.573 e. The van der Waals surface area contributed by atoms with Gasteiger partial charge in [0.15, 0.2) is 0 Å². The van der Waals surface area contributed by atoms with Gasteiger partial charge in [-0.1, -0.05) is 40.2 Å². The highest BCUT2D eigenvalue weighted by Gasteiger charge is 2.55. The molecule has 43 heavy (non-hydrogen) atoms. The van der Waals surface area contributed by atoms with E-state index in [9.17, 15) is 22.8 Å². The third-order valence-electron chi connectivity index (χ3n) is 8.06. The summed E-state index contributed by atoms with van der Waals surface area (Å²) >= 11 is 3.47. The molecule has 7 nitrogen and oxygen atoms in total. The van der Waals surface area contributed by atoms with Crippen molar-refractivity contribution in [3.8, 4) is 11.6 Å². The SMILES string of the molecule is COc1nc2ccc(Br)cc2c(C(=O)NC23CCC(C(=O)OC(C)(C)C)(C=C2c2ccccc2OC(F)(F)F)CC3)c1C. The molecule has 228 valence electrons. The van der Waals surface area contributed by atoms with Gasteiger partial charge in [0.25, 0.3) is 5.91 Å². The van der Waals surface area contributed by atoms with Crippen LogP contribution >= 0.6 is 15.9 Å². The van der Waals surface area contributed by atoms with Crippen molar-refractivity contribution in [2.75, 3.05) is 7.11 Å². The predicted molar refractivity (Wildman–Crippen MR) is 159 cm³/mol. The second-order valence-corrected chi connectivity index (χ2v) is 13.0. The zero-order chi connectivity index (χ0) is 31.4. The Balaban J connectivity index is 1.66. The molecule has 3 aliphatic rings. The van der Waals surface area contributed by atoms with Crippen molar-refractivity contribution >= 4 is 44.3 Å². The normalized spacial score (nSPS) is 21.7. The van der Waals surface area contributed by atoms with Crippen molar-refractivity contribution in [3.63, 3.8) is 0 Å². The number of ether oxygens (including phenoxy) is 3. The number of alkyl halides is 3. The second-order valence-electron chi connectivity index (χ2n) is 12.1. The first kappa shape index (κ1) is 30.8. The molecule has 0 unspecified atom stereocenters. The summed E-state index contributed by atoms with van der Waals surface area (Å²) in [5.41, 5.74) is -0.984. The number of aromatic nitrogens is 1. The van der Waals surface area contributed by atoms with Gasteiger partial charge in [-0.05, 0) is 83.2 Å². The number of amides is 1. The molecular formula is C32H32BrF3N2O5. The van der Waals surface area contributed by atoms with Crippen LogP contribution in [0.5, 0.6) is 11.6 Å². The van der Waals surface area contributed by atoms with E-state index in [1.807, 2.05) is 0 Å². The molecule has 1 N–H and O–H groups in total. The van der Waals surface area contributed by atoms with Gasteiger partial charge in [-0.25, -0.2) is 4.98 Å². The van der Waals surface area contributed by atoms with Crippen LogP contribution < -0.4 is 14.8 Å². The highest BCUT2D eigenvalue weighted by molar-refractivity contribution is 9.10. The van der Waals surface area contributed by atoms with E-state index in [0.29, 0.717) is 53.3 Å². The maximum Gasteiger partial charge on any atom is 0.573 e. The molecule has 1 fully saturated rings. The molecule has 0 radical (unpaired) electrons. The first-order valence-corrected chi connectivity index (χ1v) is 14.6. The Kier molecular flexibility index (Phi) is 7.77. The maximum atomic E-state index is 14.3. The summed E-state index contributed by atoms with van der Waals surface area (Å²) in [6.45, 7) is 7.03. The molecule has 2 aromatic carbocycles. The molecule has 0 atom stereocenters. The van der Waals surface area contributed by atoms with Gasteiger partial charge < -0.3 is 19.5 Å². The van der Waals surface area contributed by atoms with Gasteiger partial charge in [-0.15, -0.1) is 13.2 Å². The number of pyridine rings is 1. The molecule has 11 heteroatoms. The molecule has 2 bridgehead atoms. The summed E-state index contributed by atoms with van der Waals surface area (Å²) in [5.74, 6) is -1.02. The van der Waals surface area contributed by atoms with E-state index >= 15 is 0 Å². The van der Waals surface area contributed by atoms with Crippen LogP contribution in [0.3, 0.4) is 0 Å². The number of hydrogen-bond acceptors (Lipinski definition) is 6. The van der Waals surface area contributed by atoms with Crippen LogP contribution in [0.4, 0.5) is 13.2 Å². The molecule has 3 aliphatic carbocycles. The van der Waals surface area contributed by atoms with Crippen LogP contribution in [-0.2, 0) is 9.53 Å². The lowest BCUT2D eigenvalue weighted by molar-refractivity contribution is -0.274. The summed E-state index contributed by atoms with van der Waals surface area (Å²) < 4.78 is 56.8. The summed E-state index contributed by atoms with van der Waals surface area (Å²) in [6.07, 6.45) is -1.97. The van der Waals surface area contributed by atoms with E-state index in [-0.39, 0.29) is 11.4 Å². The molecule has 1 saturated carbocycles. The Morgan fingerprint density at radius 3 is 2.33 bits per heavy atom. The summed E-state index contributed by atoms with van der Waals surface area (Å²) in [7, 11) is 1.47. The van der Waals surface area contributed by atoms with Crippen LogP contribution in [0, 0.1) is 12.3 Å². The number of nitrogens with one attached hydrogen (secondary N) is 1. The number of rotatable bonds is 6. The van der Waals surface area contributed by atoms with E-state index in [4.69, 9.17) is 9.47 Å². The smallest absolute Gasteiger partial charge is 0.481 e. The van der Waals surface area contributed by atoms with E-state index < -0.39 is 40.5 Å². The Morgan fingerprint density at radius 2 is 1.70 bits per heavy atom. The maximum absolute atomic E-state index is 14.3. The molecular weight excluding hydrogens is 629 g/mol. The highest BCUT2D eigenvalue weighted by atomic mass is 79.9. The minimum absolute atomic E-state index is 0.143. The number of fused-ring (bicyclic) bond motifs is 3. The zero-order valence-corrected chi connectivity index (χ0v) is 26.0. The fourth-order valence-electron chi connectivity index (χ4n) is 6.10. The Bertz CT molecular complexity index is 1640. The van der Waals surface area contributed by atoms with Crippen molar-refractivity contribution in [1.82, 2.24) is 10.3 Å². The minimum atomic E-state index is -4.94. The van der Waals surface area contributed by atoms with E-state index in [1.54, 1.807) is 58.0 Å². The minimum Gasteiger partial charge on any atom is -0.481 e. The van der Waals surface area contributed by atoms with Gasteiger partial charge in [-0.3, -0.25) is 9.59 Å². The number of esters is 1. The number of para-hydroxylation sites is 1. The van der Waals surface area contributed by atoms with Crippen molar-refractivity contribution in [2.45, 2.75) is 70.9 Å². The Morgan fingerprint density at radius 1 is 1.02 bits per heavy atom. The van der Waals surface area contributed by atoms with Crippen LogP contribution in [0.1, 0.15) is 67.9 Å². The van der Waals surface area contributed by atoms with Gasteiger partial charge in [0.1, 0.15) is 11.4 Å². The average molecular weight is 662 g/mol. The lowest BCUT2D eigenvalue weighted by Crippen LogP contribution is -2.58. The van der Waals surface area contributed by atoms with Crippen molar-refractivity contribution in [2.24, 2.45) is 5.41 Å². The summed E-state index contributed by atoms with van der Waals surface area (Å²) in [4.78, 5) is 32.3. The zero-order valence-electron chi connectivity index (χ0n) is 24.4. The lowest BCUT2D eigenvalue weighted by atomic mass is 9.57. The third-order valence-corrected chi connectivity index (χ3v) is 8.55. The van der Waals surface area contributed by atoms with Crippen LogP contribution in [-0.4, -0.2) is 41.5 Å². The molecule has 0 spiro atoms. The van der Waals surface area contributed by atoms with Crippen LogP contribution in [0.2, 0.25) is 0 Å². The Labute approximate surface area is 255 Å². The van der Waals surface area contributed by atoms with Gasteiger partial charge in [0, 0.05) is 21.0 Å². The van der Waals surface area contributed by atoms with Crippen molar-refractivity contribution in [1.29, 1.82) is 0 Å². The number of methoxy groups -OCH3 is 1. The fourth-order valence-corrected chi connectivity index (χ4v) is 6.46. The third kappa shape index (κ3) is 5.96. The van der Waals surface area contributed by atoms with Crippen LogP contribution in [0.25, 0.3) is 16.5 Å². The molecule has 1 aromatic heterocycles. The van der Waals surface area contributed by atoms with E-state index in [2.05, 4.69) is 31.0 Å². The summed E-state index contributed by atoms with van der Waals surface area (Å²) in [6, 6.07) is 11.1. The number of benzene rings is 2. The predicted octanol–water partition coefficient (Wildman–Crippen LogP) is 7.68. The quantitative estimate of drug-likeness (QED) is 0.273. The number of carbonyl (C=O) groups is 2. The number of halogens is 4. The van der Waals surface area contributed by atoms with Crippen molar-refractivity contribution in [3.05, 3.63) is 69.7 Å². The topological polar surface area (TPSA) is 86.8 Å². The molecule has 1 amide bonds. The van der Waals surface area contributed by atoms with Gasteiger partial charge in [0.2, 0.25) is 5.88 Å². The average Bonchev–Trinajstić information content (AvgIpc) is 2.91. The second kappa shape index (κ2) is 10.8. The highest BCUT2D eigenvalue weighted by Crippen LogP contribution is 2.56. The van der Waals surface area contributed by atoms with E-state index in [1.165, 1.54) is 25.3 Å². The number of nitrogens with zero attached hydrogens (tertiary/aromatic N) is 1. The number of hydrogen-bond donors (Lipinski definition) is 1. The number of carbonyl (C=O) groups excluding carboxylic acids is 2. The van der Waals surface area contributed by atoms with E-state index in [0.717, 1.165) is 4.47 Å². The molecule has 6 rings (SSSR count). The first-order valence-electron chi connectivity index (χ1n) is 13.8. The molecule has 3 aromatic rings.